The van der Waals surface area contributed by atoms with Gasteiger partial charge < -0.3 is 14.4 Å². The summed E-state index contributed by atoms with van der Waals surface area (Å²) in [6, 6.07) is 14.8. The smallest absolute Gasteiger partial charge is 0.246 e. The molecule has 0 N–H and O–H groups in total. The third-order valence-electron chi connectivity index (χ3n) is 5.88. The van der Waals surface area contributed by atoms with E-state index in [-0.39, 0.29) is 17.6 Å². The zero-order valence-corrected chi connectivity index (χ0v) is 20.2. The number of hydrogen-bond acceptors (Lipinski definition) is 6. The van der Waals surface area contributed by atoms with Crippen molar-refractivity contribution in [2.24, 2.45) is 5.92 Å². The van der Waals surface area contributed by atoms with Crippen LogP contribution in [0.4, 0.5) is 0 Å². The van der Waals surface area contributed by atoms with E-state index in [4.69, 9.17) is 9.47 Å². The molecule has 6 nitrogen and oxygen atoms in total. The highest BCUT2D eigenvalue weighted by Gasteiger charge is 2.27. The van der Waals surface area contributed by atoms with Crippen LogP contribution >= 0.6 is 11.3 Å². The molecule has 1 amide bonds. The lowest BCUT2D eigenvalue weighted by Crippen LogP contribution is -2.39. The lowest BCUT2D eigenvalue weighted by atomic mass is 9.89. The van der Waals surface area contributed by atoms with Crippen LogP contribution in [0.5, 0.6) is 11.5 Å². The van der Waals surface area contributed by atoms with Crippen LogP contribution in [0.15, 0.2) is 60.0 Å². The van der Waals surface area contributed by atoms with E-state index < -0.39 is 0 Å². The molecule has 0 radical (unpaired) electrons. The second-order valence-corrected chi connectivity index (χ2v) is 9.31. The monoisotopic (exact) mass is 476 g/mol. The van der Waals surface area contributed by atoms with Crippen molar-refractivity contribution in [3.05, 3.63) is 81.8 Å². The number of hydrogen-bond donors (Lipinski definition) is 0. The number of aromatic nitrogens is 1. The number of carbonyl (C=O) groups is 2. The molecule has 0 aliphatic carbocycles. The maximum absolute atomic E-state index is 12.8. The minimum absolute atomic E-state index is 0.0420. The van der Waals surface area contributed by atoms with Gasteiger partial charge in [0.25, 0.3) is 0 Å². The van der Waals surface area contributed by atoms with Gasteiger partial charge in [-0.25, -0.2) is 4.98 Å². The summed E-state index contributed by atoms with van der Waals surface area (Å²) in [7, 11) is 1.60. The van der Waals surface area contributed by atoms with Gasteiger partial charge >= 0.3 is 0 Å². The number of likely N-dealkylation sites (tertiary alicyclic amines) is 1. The number of piperidine rings is 1. The number of nitrogens with zero attached hydrogens (tertiary/aromatic N) is 2. The molecule has 3 aromatic rings. The Balaban J connectivity index is 1.28. The van der Waals surface area contributed by atoms with Gasteiger partial charge in [0, 0.05) is 36.0 Å². The highest BCUT2D eigenvalue weighted by molar-refractivity contribution is 7.09. The largest absolute Gasteiger partial charge is 0.497 e. The Labute approximate surface area is 203 Å². The van der Waals surface area contributed by atoms with E-state index in [0.29, 0.717) is 38.1 Å². The zero-order valence-electron chi connectivity index (χ0n) is 19.4. The van der Waals surface area contributed by atoms with Crippen molar-refractivity contribution in [3.63, 3.8) is 0 Å². The lowest BCUT2D eigenvalue weighted by Gasteiger charge is -2.30. The molecule has 1 aliphatic rings. The summed E-state index contributed by atoms with van der Waals surface area (Å²) in [4.78, 5) is 31.7. The maximum Gasteiger partial charge on any atom is 0.246 e. The molecule has 34 heavy (non-hydrogen) atoms. The fourth-order valence-corrected chi connectivity index (χ4v) is 4.56. The second-order valence-electron chi connectivity index (χ2n) is 8.24. The fourth-order valence-electron chi connectivity index (χ4n) is 3.97. The molecule has 2 aromatic carbocycles. The highest BCUT2D eigenvalue weighted by atomic mass is 32.1. The average molecular weight is 477 g/mol. The summed E-state index contributed by atoms with van der Waals surface area (Å²) in [5.74, 6) is 1.50. The first-order valence-corrected chi connectivity index (χ1v) is 12.2. The van der Waals surface area contributed by atoms with Crippen molar-refractivity contribution in [1.82, 2.24) is 9.88 Å². The highest BCUT2D eigenvalue weighted by Crippen LogP contribution is 2.24. The van der Waals surface area contributed by atoms with Gasteiger partial charge in [0.2, 0.25) is 5.91 Å². The van der Waals surface area contributed by atoms with E-state index in [1.807, 2.05) is 36.6 Å². The van der Waals surface area contributed by atoms with Crippen LogP contribution in [0, 0.1) is 12.8 Å². The van der Waals surface area contributed by atoms with Crippen LogP contribution in [0.25, 0.3) is 6.08 Å². The summed E-state index contributed by atoms with van der Waals surface area (Å²) in [5, 5.41) is 3.01. The fraction of sp³-hybridized carbons (Fsp3) is 0.296. The Morgan fingerprint density at radius 3 is 2.56 bits per heavy atom. The van der Waals surface area contributed by atoms with Crippen LogP contribution in [-0.2, 0) is 11.4 Å². The lowest BCUT2D eigenvalue weighted by molar-refractivity contribution is -0.127. The molecule has 1 aromatic heterocycles. The normalized spacial score (nSPS) is 14.4. The molecule has 4 rings (SSSR count). The summed E-state index contributed by atoms with van der Waals surface area (Å²) >= 11 is 1.60. The van der Waals surface area contributed by atoms with E-state index in [2.05, 4.69) is 4.98 Å². The minimum Gasteiger partial charge on any atom is -0.497 e. The van der Waals surface area contributed by atoms with Crippen molar-refractivity contribution in [2.75, 3.05) is 20.2 Å². The van der Waals surface area contributed by atoms with E-state index in [1.165, 1.54) is 0 Å². The molecule has 2 heterocycles. The number of carbonyl (C=O) groups excluding carboxylic acids is 2. The van der Waals surface area contributed by atoms with Crippen molar-refractivity contribution in [1.29, 1.82) is 0 Å². The molecule has 1 aliphatic heterocycles. The predicted octanol–water partition coefficient (Wildman–Crippen LogP) is 5.17. The zero-order chi connectivity index (χ0) is 23.9. The molecule has 0 bridgehead atoms. The number of Topliss-reactive ketones (excluding diaryl/α,β-unsaturated/α-hetero) is 1. The number of amides is 1. The van der Waals surface area contributed by atoms with Crippen LogP contribution in [0.3, 0.4) is 0 Å². The number of ketones is 1. The van der Waals surface area contributed by atoms with E-state index in [9.17, 15) is 9.59 Å². The molecule has 1 saturated heterocycles. The van der Waals surface area contributed by atoms with Gasteiger partial charge in [-0.05, 0) is 67.8 Å². The van der Waals surface area contributed by atoms with Crippen molar-refractivity contribution >= 4 is 29.1 Å². The summed E-state index contributed by atoms with van der Waals surface area (Å²) in [5.41, 5.74) is 2.50. The Morgan fingerprint density at radius 2 is 1.88 bits per heavy atom. The van der Waals surface area contributed by atoms with Crippen LogP contribution < -0.4 is 9.47 Å². The van der Waals surface area contributed by atoms with Crippen molar-refractivity contribution in [3.8, 4) is 11.5 Å². The van der Waals surface area contributed by atoms with Gasteiger partial charge in [-0.2, -0.15) is 0 Å². The van der Waals surface area contributed by atoms with Crippen LogP contribution in [0.1, 0.15) is 39.5 Å². The van der Waals surface area contributed by atoms with E-state index in [0.717, 1.165) is 27.8 Å². The van der Waals surface area contributed by atoms with Crippen LogP contribution in [-0.4, -0.2) is 41.8 Å². The minimum atomic E-state index is -0.0586. The molecular formula is C27H28N2O4S. The summed E-state index contributed by atoms with van der Waals surface area (Å²) in [6.45, 7) is 3.54. The quantitative estimate of drug-likeness (QED) is 0.331. The molecule has 7 heteroatoms. The molecule has 0 atom stereocenters. The Bertz CT molecular complexity index is 1160. The Morgan fingerprint density at radius 1 is 1.12 bits per heavy atom. The van der Waals surface area contributed by atoms with E-state index >= 15 is 0 Å². The number of benzene rings is 2. The first-order chi connectivity index (χ1) is 16.5. The van der Waals surface area contributed by atoms with Gasteiger partial charge in [0.05, 0.1) is 17.8 Å². The van der Waals surface area contributed by atoms with Gasteiger partial charge in [-0.3, -0.25) is 9.59 Å². The second kappa shape index (κ2) is 11.1. The molecule has 1 fully saturated rings. The molecule has 0 saturated carbocycles. The number of methoxy groups -OCH3 is 1. The van der Waals surface area contributed by atoms with Gasteiger partial charge in [-0.1, -0.05) is 12.1 Å². The summed E-state index contributed by atoms with van der Waals surface area (Å²) < 4.78 is 11.0. The average Bonchev–Trinajstić information content (AvgIpc) is 3.31. The van der Waals surface area contributed by atoms with E-state index in [1.54, 1.807) is 59.8 Å². The molecular weight excluding hydrogens is 448 g/mol. The van der Waals surface area contributed by atoms with Gasteiger partial charge in [0.1, 0.15) is 18.1 Å². The molecule has 0 unspecified atom stereocenters. The predicted molar refractivity (Wildman–Crippen MR) is 133 cm³/mol. The number of ether oxygens (including phenoxy) is 2. The maximum atomic E-state index is 12.8. The Hall–Kier alpha value is -3.45. The number of rotatable bonds is 8. The SMILES string of the molecule is COc1ccc(C(=O)C2CCN(C(=O)/C=C/c3cccc(OCc4csc(C)n4)c3)CC2)cc1. The van der Waals surface area contributed by atoms with Gasteiger partial charge in [0.15, 0.2) is 5.78 Å². The molecule has 176 valence electrons. The van der Waals surface area contributed by atoms with Gasteiger partial charge in [-0.15, -0.1) is 11.3 Å². The van der Waals surface area contributed by atoms with Crippen LogP contribution in [0.2, 0.25) is 0 Å². The summed E-state index contributed by atoms with van der Waals surface area (Å²) in [6.07, 6.45) is 4.74. The standard InChI is InChI=1S/C27H28N2O4S/c1-19-28-23(18-34-19)17-33-25-5-3-4-20(16-25)6-11-26(30)29-14-12-22(13-15-29)27(31)21-7-9-24(32-2)10-8-21/h3-11,16,18,22H,12-15,17H2,1-2H3/b11-6+. The number of aryl methyl sites for hydroxylation is 1. The molecule has 0 spiro atoms. The van der Waals surface area contributed by atoms with Crippen molar-refractivity contribution < 1.29 is 19.1 Å². The van der Waals surface area contributed by atoms with Crippen molar-refractivity contribution in [2.45, 2.75) is 26.4 Å². The third kappa shape index (κ3) is 6.11. The number of thiazole rings is 1. The first kappa shape index (κ1) is 23.7. The topological polar surface area (TPSA) is 68.7 Å². The Kier molecular flexibility index (Phi) is 7.75. The first-order valence-electron chi connectivity index (χ1n) is 11.3. The third-order valence-corrected chi connectivity index (χ3v) is 6.70.